The number of rotatable bonds is 10. The highest BCUT2D eigenvalue weighted by molar-refractivity contribution is 9.10. The standard InChI is InChI=1S/C28H26BrN3O6/c1-17-4-5-18(2)32(17)21-7-9-22(10-8-21)36-16-23-11-13-26(38-23)27(33)31-30-15-20-6-12-25(24(29)14-20)37-19(3)28(34)35/h4-15,19H,16H2,1-3H3,(H,31,33)(H,34,35)/b30-15+/t19-/m1/s1. The third-order valence-electron chi connectivity index (χ3n) is 5.62. The second kappa shape index (κ2) is 11.8. The van der Waals surface area contributed by atoms with Crippen LogP contribution in [0.5, 0.6) is 11.5 Å². The number of hydrogen-bond acceptors (Lipinski definition) is 6. The van der Waals surface area contributed by atoms with E-state index in [2.05, 4.69) is 57.0 Å². The molecule has 1 atom stereocenters. The molecule has 0 bridgehead atoms. The lowest BCUT2D eigenvalue weighted by Gasteiger charge is -2.12. The summed E-state index contributed by atoms with van der Waals surface area (Å²) in [5.41, 5.74) is 6.44. The Hall–Kier alpha value is -4.31. The molecular weight excluding hydrogens is 554 g/mol. The van der Waals surface area contributed by atoms with Gasteiger partial charge in [-0.1, -0.05) is 0 Å². The molecule has 0 saturated heterocycles. The first-order chi connectivity index (χ1) is 18.2. The van der Waals surface area contributed by atoms with E-state index in [0.717, 1.165) is 17.1 Å². The van der Waals surface area contributed by atoms with E-state index in [1.54, 1.807) is 30.3 Å². The van der Waals surface area contributed by atoms with Crippen LogP contribution in [0.2, 0.25) is 0 Å². The van der Waals surface area contributed by atoms with Gasteiger partial charge >= 0.3 is 11.9 Å². The van der Waals surface area contributed by atoms with Gasteiger partial charge in [0, 0.05) is 17.1 Å². The number of carboxylic acid groups (broad SMARTS) is 1. The Morgan fingerprint density at radius 1 is 1.08 bits per heavy atom. The van der Waals surface area contributed by atoms with Crippen LogP contribution in [0.1, 0.15) is 40.2 Å². The van der Waals surface area contributed by atoms with Crippen LogP contribution in [0.4, 0.5) is 0 Å². The number of carbonyl (C=O) groups is 2. The number of aliphatic carboxylic acids is 1. The predicted molar refractivity (Wildman–Crippen MR) is 145 cm³/mol. The van der Waals surface area contributed by atoms with Gasteiger partial charge in [0.2, 0.25) is 0 Å². The zero-order chi connectivity index (χ0) is 27.2. The molecule has 2 aromatic heterocycles. The van der Waals surface area contributed by atoms with Crippen molar-refractivity contribution in [3.8, 4) is 17.2 Å². The predicted octanol–water partition coefficient (Wildman–Crippen LogP) is 5.64. The number of ether oxygens (including phenoxy) is 2. The third-order valence-corrected chi connectivity index (χ3v) is 6.24. The minimum absolute atomic E-state index is 0.0993. The summed E-state index contributed by atoms with van der Waals surface area (Å²) in [4.78, 5) is 23.3. The fourth-order valence-corrected chi connectivity index (χ4v) is 4.14. The van der Waals surface area contributed by atoms with Crippen molar-refractivity contribution in [2.45, 2.75) is 33.5 Å². The van der Waals surface area contributed by atoms with Crippen molar-refractivity contribution in [1.29, 1.82) is 0 Å². The summed E-state index contributed by atoms with van der Waals surface area (Å²) >= 11 is 3.34. The zero-order valence-corrected chi connectivity index (χ0v) is 22.6. The normalized spacial score (nSPS) is 11.9. The molecule has 4 rings (SSSR count). The van der Waals surface area contributed by atoms with Crippen LogP contribution in [0.25, 0.3) is 5.69 Å². The van der Waals surface area contributed by atoms with E-state index in [1.165, 1.54) is 13.1 Å². The van der Waals surface area contributed by atoms with Crippen molar-refractivity contribution < 1.29 is 28.6 Å². The number of hydrogen-bond donors (Lipinski definition) is 2. The second-order valence-corrected chi connectivity index (χ2v) is 9.34. The Labute approximate surface area is 227 Å². The molecule has 0 aliphatic carbocycles. The van der Waals surface area contributed by atoms with Gasteiger partial charge in [0.25, 0.3) is 0 Å². The molecule has 4 aromatic rings. The van der Waals surface area contributed by atoms with E-state index in [0.29, 0.717) is 27.3 Å². The topological polar surface area (TPSA) is 115 Å². The summed E-state index contributed by atoms with van der Waals surface area (Å²) in [5.74, 6) is 0.0864. The molecular formula is C28H26BrN3O6. The fraction of sp³-hybridized carbons (Fsp3) is 0.179. The highest BCUT2D eigenvalue weighted by Gasteiger charge is 2.14. The van der Waals surface area contributed by atoms with Crippen LogP contribution < -0.4 is 14.9 Å². The van der Waals surface area contributed by atoms with Crippen LogP contribution in [0.3, 0.4) is 0 Å². The van der Waals surface area contributed by atoms with Gasteiger partial charge in [-0.05, 0) is 109 Å². The lowest BCUT2D eigenvalue weighted by molar-refractivity contribution is -0.144. The second-order valence-electron chi connectivity index (χ2n) is 8.49. The zero-order valence-electron chi connectivity index (χ0n) is 21.0. The molecule has 196 valence electrons. The Morgan fingerprint density at radius 3 is 2.45 bits per heavy atom. The van der Waals surface area contributed by atoms with E-state index in [-0.39, 0.29) is 12.4 Å². The minimum Gasteiger partial charge on any atom is -0.486 e. The van der Waals surface area contributed by atoms with E-state index in [1.807, 2.05) is 24.3 Å². The van der Waals surface area contributed by atoms with Crippen molar-refractivity contribution >= 4 is 34.0 Å². The van der Waals surface area contributed by atoms with Gasteiger partial charge in [-0.2, -0.15) is 5.10 Å². The van der Waals surface area contributed by atoms with Gasteiger partial charge in [-0.15, -0.1) is 0 Å². The fourth-order valence-electron chi connectivity index (χ4n) is 3.65. The van der Waals surface area contributed by atoms with Crippen LogP contribution in [0.15, 0.2) is 80.7 Å². The van der Waals surface area contributed by atoms with Crippen LogP contribution in [-0.4, -0.2) is 33.9 Å². The van der Waals surface area contributed by atoms with Gasteiger partial charge in [-0.25, -0.2) is 10.2 Å². The first-order valence-corrected chi connectivity index (χ1v) is 12.5. The van der Waals surface area contributed by atoms with Gasteiger partial charge in [-0.3, -0.25) is 4.79 Å². The van der Waals surface area contributed by atoms with E-state index < -0.39 is 18.0 Å². The molecule has 1 amide bonds. The Balaban J connectivity index is 1.29. The molecule has 9 nitrogen and oxygen atoms in total. The first kappa shape index (κ1) is 26.7. The van der Waals surface area contributed by atoms with Gasteiger partial charge in [0.15, 0.2) is 11.9 Å². The molecule has 0 aliphatic heterocycles. The first-order valence-electron chi connectivity index (χ1n) is 11.7. The number of carboxylic acids is 1. The monoisotopic (exact) mass is 579 g/mol. The van der Waals surface area contributed by atoms with Gasteiger partial charge in [0.05, 0.1) is 10.7 Å². The van der Waals surface area contributed by atoms with E-state index >= 15 is 0 Å². The lowest BCUT2D eigenvalue weighted by atomic mass is 10.2. The molecule has 2 heterocycles. The van der Waals surface area contributed by atoms with Gasteiger partial charge in [0.1, 0.15) is 23.9 Å². The molecule has 10 heteroatoms. The number of nitrogens with one attached hydrogen (secondary N) is 1. The van der Waals surface area contributed by atoms with E-state index in [4.69, 9.17) is 19.0 Å². The van der Waals surface area contributed by atoms with Gasteiger partial charge < -0.3 is 23.6 Å². The number of aryl methyl sites for hydroxylation is 2. The molecule has 0 fully saturated rings. The van der Waals surface area contributed by atoms with Crippen molar-refractivity contribution in [2.24, 2.45) is 5.10 Å². The summed E-state index contributed by atoms with van der Waals surface area (Å²) in [7, 11) is 0. The highest BCUT2D eigenvalue weighted by atomic mass is 79.9. The Morgan fingerprint density at radius 2 is 1.79 bits per heavy atom. The molecule has 2 aromatic carbocycles. The van der Waals surface area contributed by atoms with E-state index in [9.17, 15) is 9.59 Å². The van der Waals surface area contributed by atoms with Crippen LogP contribution >= 0.6 is 15.9 Å². The van der Waals surface area contributed by atoms with Crippen LogP contribution in [0, 0.1) is 13.8 Å². The maximum atomic E-state index is 12.4. The molecule has 0 aliphatic rings. The molecule has 0 unspecified atom stereocenters. The van der Waals surface area contributed by atoms with Crippen molar-refractivity contribution in [2.75, 3.05) is 0 Å². The third kappa shape index (κ3) is 6.51. The average Bonchev–Trinajstić information content (AvgIpc) is 3.50. The molecule has 38 heavy (non-hydrogen) atoms. The smallest absolute Gasteiger partial charge is 0.344 e. The Bertz CT molecular complexity index is 1450. The largest absolute Gasteiger partial charge is 0.486 e. The average molecular weight is 580 g/mol. The molecule has 2 N–H and O–H groups in total. The number of nitrogens with zero attached hydrogens (tertiary/aromatic N) is 2. The number of carbonyl (C=O) groups excluding carboxylic acids is 1. The maximum Gasteiger partial charge on any atom is 0.344 e. The summed E-state index contributed by atoms with van der Waals surface area (Å²) < 4.78 is 19.5. The minimum atomic E-state index is -1.06. The number of halogens is 1. The lowest BCUT2D eigenvalue weighted by Crippen LogP contribution is -2.23. The number of aromatic nitrogens is 1. The van der Waals surface area contributed by atoms with Crippen LogP contribution in [-0.2, 0) is 11.4 Å². The number of benzene rings is 2. The summed E-state index contributed by atoms with van der Waals surface area (Å²) in [5, 5.41) is 12.9. The maximum absolute atomic E-state index is 12.4. The van der Waals surface area contributed by atoms with Crippen molar-refractivity contribution in [3.63, 3.8) is 0 Å². The summed E-state index contributed by atoms with van der Waals surface area (Å²) in [6, 6.07) is 20.1. The molecule has 0 radical (unpaired) electrons. The molecule has 0 saturated carbocycles. The summed E-state index contributed by atoms with van der Waals surface area (Å²) in [6.45, 7) is 5.73. The highest BCUT2D eigenvalue weighted by Crippen LogP contribution is 2.26. The SMILES string of the molecule is Cc1ccc(C)n1-c1ccc(OCc2ccc(C(=O)N/N=C/c3ccc(O[C@H](C)C(=O)O)c(Br)c3)o2)cc1. The Kier molecular flexibility index (Phi) is 8.32. The van der Waals surface area contributed by atoms with Crippen molar-refractivity contribution in [1.82, 2.24) is 9.99 Å². The number of hydrazone groups is 1. The summed E-state index contributed by atoms with van der Waals surface area (Å²) in [6.07, 6.45) is 0.457. The quantitative estimate of drug-likeness (QED) is 0.185. The number of amides is 1. The number of furan rings is 1. The van der Waals surface area contributed by atoms with Crippen molar-refractivity contribution in [3.05, 3.63) is 99.7 Å². The molecule has 0 spiro atoms.